The summed E-state index contributed by atoms with van der Waals surface area (Å²) in [5.74, 6) is -0.463. The summed E-state index contributed by atoms with van der Waals surface area (Å²) in [6.07, 6.45) is 2.21. The Labute approximate surface area is 144 Å². The minimum Gasteiger partial charge on any atom is -0.352 e. The lowest BCUT2D eigenvalue weighted by atomic mass is 9.89. The molecular weight excluding hydrogens is 357 g/mol. The molecule has 0 aromatic heterocycles. The molecule has 120 valence electrons. The first-order valence-electron chi connectivity index (χ1n) is 7.80. The van der Waals surface area contributed by atoms with Crippen molar-refractivity contribution in [2.75, 3.05) is 0 Å². The number of carbonyl (C=O) groups is 1. The predicted molar refractivity (Wildman–Crippen MR) is 92.8 cm³/mol. The van der Waals surface area contributed by atoms with E-state index in [4.69, 9.17) is 0 Å². The molecule has 3 rings (SSSR count). The fraction of sp³-hybridized carbons (Fsp3) is 0.316. The zero-order chi connectivity index (χ0) is 16.4. The van der Waals surface area contributed by atoms with E-state index in [2.05, 4.69) is 33.4 Å². The normalized spacial score (nSPS) is 16.7. The van der Waals surface area contributed by atoms with Crippen molar-refractivity contribution < 1.29 is 9.18 Å². The Morgan fingerprint density at radius 2 is 1.87 bits per heavy atom. The van der Waals surface area contributed by atoms with Gasteiger partial charge in [0.1, 0.15) is 5.82 Å². The van der Waals surface area contributed by atoms with Gasteiger partial charge in [-0.05, 0) is 49.1 Å². The van der Waals surface area contributed by atoms with Crippen molar-refractivity contribution in [2.24, 2.45) is 0 Å². The van der Waals surface area contributed by atoms with Crippen molar-refractivity contribution in [2.45, 2.75) is 37.6 Å². The highest BCUT2D eigenvalue weighted by molar-refractivity contribution is 9.10. The second kappa shape index (κ2) is 6.44. The average molecular weight is 376 g/mol. The predicted octanol–water partition coefficient (Wildman–Crippen LogP) is 4.37. The monoisotopic (exact) mass is 375 g/mol. The molecule has 0 bridgehead atoms. The Bertz CT molecular complexity index is 710. The highest BCUT2D eigenvalue weighted by Gasteiger charge is 2.49. The molecule has 2 nitrogen and oxygen atoms in total. The quantitative estimate of drug-likeness (QED) is 0.825. The molecule has 1 atom stereocenters. The van der Waals surface area contributed by atoms with Gasteiger partial charge in [-0.25, -0.2) is 4.39 Å². The summed E-state index contributed by atoms with van der Waals surface area (Å²) in [4.78, 5) is 12.2. The van der Waals surface area contributed by atoms with Crippen LogP contribution >= 0.6 is 15.9 Å². The third-order valence-electron chi connectivity index (χ3n) is 4.72. The second-order valence-corrected chi connectivity index (χ2v) is 7.14. The molecule has 0 spiro atoms. The van der Waals surface area contributed by atoms with E-state index in [0.717, 1.165) is 17.3 Å². The van der Waals surface area contributed by atoms with E-state index in [0.29, 0.717) is 5.56 Å². The van der Waals surface area contributed by atoms with Crippen LogP contribution in [0.3, 0.4) is 0 Å². The van der Waals surface area contributed by atoms with E-state index in [1.165, 1.54) is 11.6 Å². The molecule has 1 aliphatic rings. The molecule has 23 heavy (non-hydrogen) atoms. The Morgan fingerprint density at radius 3 is 2.48 bits per heavy atom. The number of halogens is 2. The minimum absolute atomic E-state index is 0.0194. The van der Waals surface area contributed by atoms with Gasteiger partial charge in [-0.15, -0.1) is 0 Å². The molecule has 0 aliphatic heterocycles. The van der Waals surface area contributed by atoms with E-state index >= 15 is 0 Å². The molecule has 0 saturated heterocycles. The maximum atomic E-state index is 13.7. The van der Waals surface area contributed by atoms with Crippen molar-refractivity contribution in [3.8, 4) is 0 Å². The number of hydrogen-bond acceptors (Lipinski definition) is 1. The second-order valence-electron chi connectivity index (χ2n) is 6.22. The van der Waals surface area contributed by atoms with Crippen LogP contribution in [0.4, 0.5) is 4.39 Å². The molecule has 0 heterocycles. The number of amides is 1. The van der Waals surface area contributed by atoms with E-state index in [-0.39, 0.29) is 29.6 Å². The Kier molecular flexibility index (Phi) is 4.53. The van der Waals surface area contributed by atoms with Gasteiger partial charge in [0.05, 0.1) is 6.42 Å². The molecule has 4 heteroatoms. The molecular formula is C19H19BrFNO. The van der Waals surface area contributed by atoms with Crippen LogP contribution in [-0.4, -0.2) is 11.9 Å². The fourth-order valence-corrected chi connectivity index (χ4v) is 3.40. The van der Waals surface area contributed by atoms with Crippen LogP contribution in [0.1, 0.15) is 30.9 Å². The van der Waals surface area contributed by atoms with Crippen molar-refractivity contribution in [3.05, 3.63) is 69.9 Å². The molecule has 2 aromatic rings. The lowest BCUT2D eigenvalue weighted by Crippen LogP contribution is -2.42. The third kappa shape index (κ3) is 3.47. The number of hydrogen-bond donors (Lipinski definition) is 1. The first kappa shape index (κ1) is 16.2. The molecule has 1 saturated carbocycles. The van der Waals surface area contributed by atoms with E-state index in [1.807, 2.05) is 19.1 Å². The first-order chi connectivity index (χ1) is 11.0. The Balaban J connectivity index is 1.67. The van der Waals surface area contributed by atoms with Gasteiger partial charge in [0.2, 0.25) is 5.91 Å². The largest absolute Gasteiger partial charge is 0.352 e. The highest BCUT2D eigenvalue weighted by Crippen LogP contribution is 2.51. The van der Waals surface area contributed by atoms with Crippen LogP contribution in [0.15, 0.2) is 53.0 Å². The van der Waals surface area contributed by atoms with Crippen LogP contribution in [0, 0.1) is 5.82 Å². The lowest BCUT2D eigenvalue weighted by molar-refractivity contribution is -0.121. The zero-order valence-electron chi connectivity index (χ0n) is 13.0. The standard InChI is InChI=1S/C19H19BrFNO/c1-13(19(10-11-19)15-6-8-16(20)9-7-15)22-18(23)12-14-4-2-3-5-17(14)21/h2-9,13H,10-12H2,1H3,(H,22,23). The van der Waals surface area contributed by atoms with Gasteiger partial charge >= 0.3 is 0 Å². The molecule has 2 aromatic carbocycles. The molecule has 1 aliphatic carbocycles. The van der Waals surface area contributed by atoms with Gasteiger partial charge in [0.25, 0.3) is 0 Å². The highest BCUT2D eigenvalue weighted by atomic mass is 79.9. The molecule has 1 amide bonds. The lowest BCUT2D eigenvalue weighted by Gasteiger charge is -2.25. The Morgan fingerprint density at radius 1 is 1.22 bits per heavy atom. The van der Waals surface area contributed by atoms with Gasteiger partial charge in [0.15, 0.2) is 0 Å². The summed E-state index contributed by atoms with van der Waals surface area (Å²) in [6, 6.07) is 14.7. The van der Waals surface area contributed by atoms with Gasteiger partial charge < -0.3 is 5.32 Å². The number of rotatable bonds is 5. The van der Waals surface area contributed by atoms with Crippen molar-refractivity contribution in [1.82, 2.24) is 5.32 Å². The summed E-state index contributed by atoms with van der Waals surface area (Å²) in [5.41, 5.74) is 1.70. The first-order valence-corrected chi connectivity index (χ1v) is 8.59. The molecule has 1 fully saturated rings. The average Bonchev–Trinajstić information content (AvgIpc) is 3.32. The van der Waals surface area contributed by atoms with Crippen molar-refractivity contribution in [3.63, 3.8) is 0 Å². The fourth-order valence-electron chi connectivity index (χ4n) is 3.13. The van der Waals surface area contributed by atoms with Gasteiger partial charge in [-0.2, -0.15) is 0 Å². The van der Waals surface area contributed by atoms with E-state index in [9.17, 15) is 9.18 Å². The van der Waals surface area contributed by atoms with Gasteiger partial charge in [-0.3, -0.25) is 4.79 Å². The zero-order valence-corrected chi connectivity index (χ0v) is 14.6. The maximum absolute atomic E-state index is 13.7. The summed E-state index contributed by atoms with van der Waals surface area (Å²) in [6.45, 7) is 2.04. The smallest absolute Gasteiger partial charge is 0.224 e. The summed E-state index contributed by atoms with van der Waals surface area (Å²) >= 11 is 3.45. The van der Waals surface area contributed by atoms with E-state index < -0.39 is 0 Å². The number of benzene rings is 2. The molecule has 1 N–H and O–H groups in total. The minimum atomic E-state index is -0.329. The summed E-state index contributed by atoms with van der Waals surface area (Å²) in [5, 5.41) is 3.05. The SMILES string of the molecule is CC(NC(=O)Cc1ccccc1F)C1(c2ccc(Br)cc2)CC1. The van der Waals surface area contributed by atoms with Crippen LogP contribution in [0.25, 0.3) is 0 Å². The summed E-state index contributed by atoms with van der Waals surface area (Å²) < 4.78 is 14.7. The molecule has 1 unspecified atom stereocenters. The maximum Gasteiger partial charge on any atom is 0.224 e. The van der Waals surface area contributed by atoms with Crippen LogP contribution in [0.2, 0.25) is 0 Å². The Hall–Kier alpha value is -1.68. The summed E-state index contributed by atoms with van der Waals surface area (Å²) in [7, 11) is 0. The molecule has 0 radical (unpaired) electrons. The van der Waals surface area contributed by atoms with Crippen LogP contribution in [-0.2, 0) is 16.6 Å². The van der Waals surface area contributed by atoms with Gasteiger partial charge in [-0.1, -0.05) is 46.3 Å². The van der Waals surface area contributed by atoms with Gasteiger partial charge in [0, 0.05) is 15.9 Å². The topological polar surface area (TPSA) is 29.1 Å². The number of carbonyl (C=O) groups excluding carboxylic acids is 1. The number of nitrogens with one attached hydrogen (secondary N) is 1. The van der Waals surface area contributed by atoms with Crippen molar-refractivity contribution >= 4 is 21.8 Å². The van der Waals surface area contributed by atoms with E-state index in [1.54, 1.807) is 18.2 Å². The van der Waals surface area contributed by atoms with Crippen LogP contribution < -0.4 is 5.32 Å². The van der Waals surface area contributed by atoms with Crippen molar-refractivity contribution in [1.29, 1.82) is 0 Å². The third-order valence-corrected chi connectivity index (χ3v) is 5.25. The van der Waals surface area contributed by atoms with Crippen LogP contribution in [0.5, 0.6) is 0 Å².